The van der Waals surface area contributed by atoms with Gasteiger partial charge < -0.3 is 20.3 Å². The fourth-order valence-corrected chi connectivity index (χ4v) is 7.39. The molecule has 1 aromatic heterocycles. The molecule has 3 unspecified atom stereocenters. The highest BCUT2D eigenvalue weighted by atomic mass is 31.2. The Morgan fingerprint density at radius 2 is 1.56 bits per heavy atom. The van der Waals surface area contributed by atoms with Crippen LogP contribution in [0.1, 0.15) is 34.4 Å². The number of rotatable bonds is 13. The van der Waals surface area contributed by atoms with Gasteiger partial charge in [-0.3, -0.25) is 9.36 Å². The van der Waals surface area contributed by atoms with Gasteiger partial charge in [-0.05, 0) is 59.1 Å². The Morgan fingerprint density at radius 3 is 2.26 bits per heavy atom. The lowest BCUT2D eigenvalue weighted by molar-refractivity contribution is -0.142. The maximum atomic E-state index is 13.7. The molecule has 0 saturated carbocycles. The van der Waals surface area contributed by atoms with Gasteiger partial charge >= 0.3 is 5.97 Å². The van der Waals surface area contributed by atoms with Crippen molar-refractivity contribution in [1.29, 1.82) is 0 Å². The Hall–Kier alpha value is -4.19. The van der Waals surface area contributed by atoms with E-state index in [4.69, 9.17) is 0 Å². The number of carbonyl (C=O) groups is 2. The Morgan fingerprint density at radius 1 is 0.884 bits per heavy atom. The SMILES string of the molecule is O=C(NC(Cc1c[nH]c2c1C=CCC2)C(=O)O)C(Cc1ccc(-c2ccccc2)cc1)CP(=O)(O)CCc1ccccc1. The number of amides is 1. The van der Waals surface area contributed by atoms with Gasteiger partial charge in [-0.1, -0.05) is 97.1 Å². The van der Waals surface area contributed by atoms with Gasteiger partial charge in [0.25, 0.3) is 0 Å². The minimum Gasteiger partial charge on any atom is -0.480 e. The van der Waals surface area contributed by atoms with Crippen LogP contribution >= 0.6 is 7.37 Å². The molecule has 8 heteroatoms. The highest BCUT2D eigenvalue weighted by molar-refractivity contribution is 7.58. The predicted octanol–water partition coefficient (Wildman–Crippen LogP) is 6.13. The number of aromatic nitrogens is 1. The van der Waals surface area contributed by atoms with Gasteiger partial charge in [-0.15, -0.1) is 0 Å². The maximum absolute atomic E-state index is 13.7. The van der Waals surface area contributed by atoms with E-state index in [0.717, 1.165) is 51.9 Å². The Kier molecular flexibility index (Phi) is 9.75. The molecule has 0 aliphatic heterocycles. The fraction of sp³-hybridized carbons (Fsp3) is 0.257. The van der Waals surface area contributed by atoms with E-state index < -0.39 is 31.2 Å². The minimum atomic E-state index is -3.72. The summed E-state index contributed by atoms with van der Waals surface area (Å²) in [4.78, 5) is 40.2. The first-order chi connectivity index (χ1) is 20.8. The van der Waals surface area contributed by atoms with Crippen molar-refractivity contribution in [3.63, 3.8) is 0 Å². The van der Waals surface area contributed by atoms with Crippen LogP contribution in [-0.2, 0) is 39.8 Å². The van der Waals surface area contributed by atoms with Crippen molar-refractivity contribution < 1.29 is 24.2 Å². The number of nitrogens with one attached hydrogen (secondary N) is 2. The molecule has 3 aromatic carbocycles. The van der Waals surface area contributed by atoms with E-state index in [9.17, 15) is 24.2 Å². The van der Waals surface area contributed by atoms with Crippen LogP contribution in [-0.4, -0.2) is 45.2 Å². The molecule has 5 rings (SSSR count). The number of aryl methyl sites for hydroxylation is 2. The predicted molar refractivity (Wildman–Crippen MR) is 170 cm³/mol. The second kappa shape index (κ2) is 13.9. The Balaban J connectivity index is 1.33. The molecular weight excluding hydrogens is 559 g/mol. The summed E-state index contributed by atoms with van der Waals surface area (Å²) in [5.74, 6) is -2.56. The summed E-state index contributed by atoms with van der Waals surface area (Å²) in [6.07, 6.45) is 8.17. The molecule has 1 aliphatic rings. The third-order valence-electron chi connectivity index (χ3n) is 7.99. The summed E-state index contributed by atoms with van der Waals surface area (Å²) in [7, 11) is -3.72. The zero-order valence-corrected chi connectivity index (χ0v) is 24.9. The van der Waals surface area contributed by atoms with E-state index in [-0.39, 0.29) is 25.2 Å². The largest absolute Gasteiger partial charge is 0.480 e. The first-order valence-corrected chi connectivity index (χ1v) is 16.7. The number of allylic oxidation sites excluding steroid dienone is 1. The molecule has 3 atom stereocenters. The van der Waals surface area contributed by atoms with E-state index in [1.54, 1.807) is 6.20 Å². The quantitative estimate of drug-likeness (QED) is 0.139. The molecule has 222 valence electrons. The van der Waals surface area contributed by atoms with Crippen molar-refractivity contribution in [1.82, 2.24) is 10.3 Å². The van der Waals surface area contributed by atoms with E-state index in [1.165, 1.54) is 0 Å². The molecule has 7 nitrogen and oxygen atoms in total. The highest BCUT2D eigenvalue weighted by Crippen LogP contribution is 2.44. The molecule has 1 aliphatic carbocycles. The molecule has 0 spiro atoms. The minimum absolute atomic E-state index is 0.0396. The fourth-order valence-electron chi connectivity index (χ4n) is 5.62. The lowest BCUT2D eigenvalue weighted by atomic mass is 9.96. The number of carboxylic acid groups (broad SMARTS) is 1. The summed E-state index contributed by atoms with van der Waals surface area (Å²) in [5.41, 5.74) is 6.73. The molecule has 1 amide bonds. The third-order valence-corrected chi connectivity index (χ3v) is 9.92. The number of fused-ring (bicyclic) bond motifs is 1. The van der Waals surface area contributed by atoms with Crippen LogP contribution in [0, 0.1) is 5.92 Å². The Labute approximate surface area is 252 Å². The smallest absolute Gasteiger partial charge is 0.326 e. The van der Waals surface area contributed by atoms with Gasteiger partial charge in [0.05, 0.1) is 5.92 Å². The number of aliphatic carboxylic acids is 1. The number of benzene rings is 3. The summed E-state index contributed by atoms with van der Waals surface area (Å²) in [6, 6.07) is 26.0. The van der Waals surface area contributed by atoms with E-state index in [1.807, 2.05) is 91.0 Å². The molecule has 0 fully saturated rings. The first kappa shape index (κ1) is 30.3. The molecule has 0 bridgehead atoms. The lowest BCUT2D eigenvalue weighted by Gasteiger charge is -2.23. The highest BCUT2D eigenvalue weighted by Gasteiger charge is 2.32. The number of hydrogen-bond donors (Lipinski definition) is 4. The van der Waals surface area contributed by atoms with Crippen LogP contribution < -0.4 is 5.32 Å². The van der Waals surface area contributed by atoms with Crippen LogP contribution in [0.5, 0.6) is 0 Å². The van der Waals surface area contributed by atoms with Crippen LogP contribution in [0.25, 0.3) is 17.2 Å². The maximum Gasteiger partial charge on any atom is 0.326 e. The van der Waals surface area contributed by atoms with Crippen LogP contribution in [0.2, 0.25) is 0 Å². The van der Waals surface area contributed by atoms with Gasteiger partial charge in [0.1, 0.15) is 6.04 Å². The monoisotopic (exact) mass is 596 g/mol. The zero-order valence-electron chi connectivity index (χ0n) is 24.0. The van der Waals surface area contributed by atoms with Gasteiger partial charge in [-0.2, -0.15) is 0 Å². The average Bonchev–Trinajstić information content (AvgIpc) is 3.43. The van der Waals surface area contributed by atoms with Crippen molar-refractivity contribution in [2.75, 3.05) is 12.3 Å². The molecule has 43 heavy (non-hydrogen) atoms. The van der Waals surface area contributed by atoms with Crippen molar-refractivity contribution >= 4 is 25.3 Å². The van der Waals surface area contributed by atoms with Gasteiger partial charge in [0.2, 0.25) is 13.3 Å². The summed E-state index contributed by atoms with van der Waals surface area (Å²) >= 11 is 0. The van der Waals surface area contributed by atoms with Crippen molar-refractivity contribution in [2.24, 2.45) is 5.92 Å². The van der Waals surface area contributed by atoms with Crippen molar-refractivity contribution in [2.45, 2.75) is 38.1 Å². The molecule has 4 N–H and O–H groups in total. The van der Waals surface area contributed by atoms with Crippen LogP contribution in [0.3, 0.4) is 0 Å². The molecular formula is C35H37N2O5P. The summed E-state index contributed by atoms with van der Waals surface area (Å²) < 4.78 is 13.4. The van der Waals surface area contributed by atoms with Crippen molar-refractivity contribution in [3.8, 4) is 11.1 Å². The summed E-state index contributed by atoms with van der Waals surface area (Å²) in [6.45, 7) is 0. The average molecular weight is 597 g/mol. The molecule has 0 radical (unpaired) electrons. The summed E-state index contributed by atoms with van der Waals surface area (Å²) in [5, 5.41) is 12.7. The first-order valence-electron chi connectivity index (χ1n) is 14.7. The molecule has 4 aromatic rings. The number of carbonyl (C=O) groups excluding carboxylic acids is 1. The van der Waals surface area contributed by atoms with Crippen LogP contribution in [0.15, 0.2) is 97.2 Å². The molecule has 1 heterocycles. The second-order valence-corrected chi connectivity index (χ2v) is 13.7. The zero-order chi connectivity index (χ0) is 30.2. The number of aromatic amines is 1. The normalized spacial score (nSPS) is 15.2. The molecule has 0 saturated heterocycles. The van der Waals surface area contributed by atoms with E-state index in [2.05, 4.69) is 16.4 Å². The third kappa shape index (κ3) is 8.22. The number of H-pyrrole nitrogens is 1. The standard InChI is InChI=1S/C35H37N2O5P/c38-34(37-33(35(39)40)22-29-23-36-32-14-8-7-13-31(29)32)30(24-43(41,42)20-19-25-9-3-1-4-10-25)21-26-15-17-28(18-16-26)27-11-5-2-6-12-27/h1-7,9-13,15-18,23,30,33,36H,8,14,19-22,24H2,(H,37,38)(H,39,40)(H,41,42). The van der Waals surface area contributed by atoms with Gasteiger partial charge in [0, 0.05) is 30.6 Å². The van der Waals surface area contributed by atoms with Gasteiger partial charge in [0.15, 0.2) is 0 Å². The Bertz CT molecular complexity index is 1610. The van der Waals surface area contributed by atoms with E-state index >= 15 is 0 Å². The van der Waals surface area contributed by atoms with Crippen LogP contribution in [0.4, 0.5) is 0 Å². The topological polar surface area (TPSA) is 119 Å². The van der Waals surface area contributed by atoms with Crippen molar-refractivity contribution in [3.05, 3.63) is 125 Å². The van der Waals surface area contributed by atoms with Gasteiger partial charge in [-0.25, -0.2) is 4.79 Å². The lowest BCUT2D eigenvalue weighted by Crippen LogP contribution is -2.46. The second-order valence-electron chi connectivity index (χ2n) is 11.2. The number of hydrogen-bond acceptors (Lipinski definition) is 3. The number of carboxylic acids is 1. The van der Waals surface area contributed by atoms with E-state index in [0.29, 0.717) is 6.42 Å².